The number of aromatic hydroxyl groups is 1. The van der Waals surface area contributed by atoms with Gasteiger partial charge in [-0.1, -0.05) is 18.6 Å². The van der Waals surface area contributed by atoms with Gasteiger partial charge in [-0.15, -0.1) is 12.4 Å². The Morgan fingerprint density at radius 2 is 1.73 bits per heavy atom. The Morgan fingerprint density at radius 1 is 1.13 bits per heavy atom. The van der Waals surface area contributed by atoms with Gasteiger partial charge < -0.3 is 16.6 Å². The average Bonchev–Trinajstić information content (AvgIpc) is 2.19. The summed E-state index contributed by atoms with van der Waals surface area (Å²) in [5, 5.41) is 9.10. The van der Waals surface area contributed by atoms with Crippen LogP contribution in [0.25, 0.3) is 0 Å². The molecule has 0 spiro atoms. The molecule has 0 aliphatic carbocycles. The van der Waals surface area contributed by atoms with Gasteiger partial charge in [-0.2, -0.15) is 0 Å². The lowest BCUT2D eigenvalue weighted by atomic mass is 10.0. The molecule has 1 atom stereocenters. The molecule has 0 aliphatic heterocycles. The lowest BCUT2D eigenvalue weighted by Gasteiger charge is -2.11. The fourth-order valence-corrected chi connectivity index (χ4v) is 1.40. The maximum atomic E-state index is 9.10. The first-order valence-electron chi connectivity index (χ1n) is 4.98. The van der Waals surface area contributed by atoms with Crippen molar-refractivity contribution >= 4 is 12.4 Å². The number of phenolic OH excluding ortho intramolecular Hbond substituents is 1. The van der Waals surface area contributed by atoms with Crippen LogP contribution in [0.5, 0.6) is 5.75 Å². The van der Waals surface area contributed by atoms with Crippen molar-refractivity contribution in [3.63, 3.8) is 0 Å². The summed E-state index contributed by atoms with van der Waals surface area (Å²) in [6.45, 7) is 0.725. The predicted octanol–water partition coefficient (Wildman–Crippen LogP) is 1.94. The van der Waals surface area contributed by atoms with Crippen LogP contribution in [-0.2, 0) is 0 Å². The van der Waals surface area contributed by atoms with Crippen LogP contribution < -0.4 is 11.5 Å². The van der Waals surface area contributed by atoms with E-state index >= 15 is 0 Å². The van der Waals surface area contributed by atoms with Crippen LogP contribution >= 0.6 is 12.4 Å². The van der Waals surface area contributed by atoms with Gasteiger partial charge in [0.1, 0.15) is 5.75 Å². The molecule has 0 heterocycles. The van der Waals surface area contributed by atoms with E-state index in [1.807, 2.05) is 12.1 Å². The largest absolute Gasteiger partial charge is 0.508 e. The number of nitrogens with two attached hydrogens (primary N) is 2. The molecule has 0 aliphatic rings. The van der Waals surface area contributed by atoms with Crippen LogP contribution in [0.3, 0.4) is 0 Å². The minimum atomic E-state index is 0. The molecule has 0 amide bonds. The summed E-state index contributed by atoms with van der Waals surface area (Å²) < 4.78 is 0. The molecule has 0 saturated carbocycles. The van der Waals surface area contributed by atoms with E-state index in [9.17, 15) is 0 Å². The highest BCUT2D eigenvalue weighted by Crippen LogP contribution is 2.18. The van der Waals surface area contributed by atoms with Gasteiger partial charge in [0.25, 0.3) is 0 Å². The first kappa shape index (κ1) is 14.2. The Bertz CT molecular complexity index is 264. The number of rotatable bonds is 5. The van der Waals surface area contributed by atoms with E-state index in [1.54, 1.807) is 12.1 Å². The Balaban J connectivity index is 0.00000196. The van der Waals surface area contributed by atoms with E-state index in [0.717, 1.165) is 31.4 Å². The molecule has 5 N–H and O–H groups in total. The zero-order valence-electron chi connectivity index (χ0n) is 8.73. The maximum absolute atomic E-state index is 9.10. The smallest absolute Gasteiger partial charge is 0.115 e. The van der Waals surface area contributed by atoms with E-state index in [4.69, 9.17) is 16.6 Å². The lowest BCUT2D eigenvalue weighted by molar-refractivity contribution is 0.474. The Hall–Kier alpha value is -0.770. The first-order chi connectivity index (χ1) is 6.74. The van der Waals surface area contributed by atoms with Crippen molar-refractivity contribution in [2.45, 2.75) is 25.3 Å². The third-order valence-electron chi connectivity index (χ3n) is 2.29. The highest BCUT2D eigenvalue weighted by atomic mass is 35.5. The van der Waals surface area contributed by atoms with Gasteiger partial charge in [-0.3, -0.25) is 0 Å². The molecule has 15 heavy (non-hydrogen) atoms. The van der Waals surface area contributed by atoms with Crippen molar-refractivity contribution in [2.24, 2.45) is 11.5 Å². The summed E-state index contributed by atoms with van der Waals surface area (Å²) in [6.07, 6.45) is 3.02. The molecule has 1 aromatic carbocycles. The molecule has 0 unspecified atom stereocenters. The molecule has 0 bridgehead atoms. The van der Waals surface area contributed by atoms with Crippen LogP contribution in [0.4, 0.5) is 0 Å². The van der Waals surface area contributed by atoms with Gasteiger partial charge in [-0.05, 0) is 37.1 Å². The monoisotopic (exact) mass is 230 g/mol. The van der Waals surface area contributed by atoms with E-state index in [0.29, 0.717) is 0 Å². The molecule has 0 fully saturated rings. The van der Waals surface area contributed by atoms with E-state index in [-0.39, 0.29) is 24.2 Å². The van der Waals surface area contributed by atoms with Crippen molar-refractivity contribution < 1.29 is 5.11 Å². The van der Waals surface area contributed by atoms with Crippen LogP contribution in [0.15, 0.2) is 24.3 Å². The molecule has 1 rings (SSSR count). The fourth-order valence-electron chi connectivity index (χ4n) is 1.40. The number of unbranched alkanes of at least 4 members (excludes halogenated alkanes) is 1. The molecular weight excluding hydrogens is 212 g/mol. The molecule has 3 nitrogen and oxygen atoms in total. The zero-order valence-corrected chi connectivity index (χ0v) is 9.54. The van der Waals surface area contributed by atoms with Crippen LogP contribution in [0.1, 0.15) is 30.9 Å². The fraction of sp³-hybridized carbons (Fsp3) is 0.455. The zero-order chi connectivity index (χ0) is 10.4. The van der Waals surface area contributed by atoms with E-state index < -0.39 is 0 Å². The number of phenols is 1. The van der Waals surface area contributed by atoms with Crippen molar-refractivity contribution in [2.75, 3.05) is 6.54 Å². The Labute approximate surface area is 96.9 Å². The van der Waals surface area contributed by atoms with Gasteiger partial charge in [0.05, 0.1) is 0 Å². The summed E-state index contributed by atoms with van der Waals surface area (Å²) in [5.74, 6) is 0.280. The Kier molecular flexibility index (Phi) is 7.13. The van der Waals surface area contributed by atoms with Gasteiger partial charge in [-0.25, -0.2) is 0 Å². The third kappa shape index (κ3) is 5.02. The predicted molar refractivity (Wildman–Crippen MR) is 65.2 cm³/mol. The van der Waals surface area contributed by atoms with Crippen LogP contribution in [0, 0.1) is 0 Å². The second-order valence-corrected chi connectivity index (χ2v) is 3.48. The number of hydrogen-bond acceptors (Lipinski definition) is 3. The molecule has 0 aromatic heterocycles. The summed E-state index contributed by atoms with van der Waals surface area (Å²) >= 11 is 0. The molecule has 86 valence electrons. The summed E-state index contributed by atoms with van der Waals surface area (Å²) in [7, 11) is 0. The van der Waals surface area contributed by atoms with Crippen LogP contribution in [-0.4, -0.2) is 11.7 Å². The topological polar surface area (TPSA) is 72.3 Å². The molecule has 0 radical (unpaired) electrons. The van der Waals surface area contributed by atoms with Gasteiger partial charge in [0, 0.05) is 6.04 Å². The van der Waals surface area contributed by atoms with Crippen molar-refractivity contribution in [1.82, 2.24) is 0 Å². The third-order valence-corrected chi connectivity index (χ3v) is 2.29. The SMILES string of the molecule is Cl.NCCCC[C@H](N)c1ccc(O)cc1. The minimum Gasteiger partial charge on any atom is -0.508 e. The molecule has 4 heteroatoms. The molecule has 1 aromatic rings. The Morgan fingerprint density at radius 3 is 2.27 bits per heavy atom. The van der Waals surface area contributed by atoms with Gasteiger partial charge in [0.2, 0.25) is 0 Å². The number of halogens is 1. The summed E-state index contributed by atoms with van der Waals surface area (Å²) in [6, 6.07) is 7.11. The van der Waals surface area contributed by atoms with Crippen LogP contribution in [0.2, 0.25) is 0 Å². The highest BCUT2D eigenvalue weighted by Gasteiger charge is 2.04. The normalized spacial score (nSPS) is 11.9. The van der Waals surface area contributed by atoms with E-state index in [1.165, 1.54) is 0 Å². The lowest BCUT2D eigenvalue weighted by Crippen LogP contribution is -2.10. The van der Waals surface area contributed by atoms with E-state index in [2.05, 4.69) is 0 Å². The molecular formula is C11H19ClN2O. The number of hydrogen-bond donors (Lipinski definition) is 3. The van der Waals surface area contributed by atoms with Gasteiger partial charge >= 0.3 is 0 Å². The average molecular weight is 231 g/mol. The maximum Gasteiger partial charge on any atom is 0.115 e. The highest BCUT2D eigenvalue weighted by molar-refractivity contribution is 5.85. The second kappa shape index (κ2) is 7.51. The summed E-state index contributed by atoms with van der Waals surface area (Å²) in [4.78, 5) is 0. The van der Waals surface area contributed by atoms with Gasteiger partial charge in [0.15, 0.2) is 0 Å². The standard InChI is InChI=1S/C11H18N2O.ClH/c12-8-2-1-3-11(13)9-4-6-10(14)7-5-9;/h4-7,11,14H,1-3,8,12-13H2;1H/t11-;/m0./s1. The first-order valence-corrected chi connectivity index (χ1v) is 4.98. The van der Waals surface area contributed by atoms with Crippen molar-refractivity contribution in [3.05, 3.63) is 29.8 Å². The quantitative estimate of drug-likeness (QED) is 0.677. The number of benzene rings is 1. The minimum absolute atomic E-state index is 0. The van der Waals surface area contributed by atoms with Crippen molar-refractivity contribution in [3.8, 4) is 5.75 Å². The summed E-state index contributed by atoms with van der Waals surface area (Å²) in [5.41, 5.74) is 12.4. The van der Waals surface area contributed by atoms with Crippen molar-refractivity contribution in [1.29, 1.82) is 0 Å². The second-order valence-electron chi connectivity index (χ2n) is 3.48. The molecule has 0 saturated heterocycles.